The first-order valence-electron chi connectivity index (χ1n) is 7.93. The van der Waals surface area contributed by atoms with Crippen LogP contribution in [0.4, 0.5) is 22.0 Å². The molecule has 0 aliphatic heterocycles. The van der Waals surface area contributed by atoms with E-state index in [1.54, 1.807) is 0 Å². The van der Waals surface area contributed by atoms with Crippen molar-refractivity contribution >= 4 is 9.84 Å². The SMILES string of the molecule is CS(=O)(=O)c1ccc(-c2ccc(C(F)(F)F)cc2-c2cc(F)cc(F)c2)cc1. The molecular formula is C20H13F5O2S. The largest absolute Gasteiger partial charge is 0.416 e. The molecule has 28 heavy (non-hydrogen) atoms. The molecule has 3 aromatic rings. The van der Waals surface area contributed by atoms with Crippen molar-refractivity contribution in [1.82, 2.24) is 0 Å². The number of alkyl halides is 3. The third-order valence-electron chi connectivity index (χ3n) is 4.11. The highest BCUT2D eigenvalue weighted by Gasteiger charge is 2.31. The molecule has 0 saturated carbocycles. The molecule has 0 bridgehead atoms. The number of rotatable bonds is 3. The van der Waals surface area contributed by atoms with Crippen molar-refractivity contribution in [2.24, 2.45) is 0 Å². The van der Waals surface area contributed by atoms with E-state index in [4.69, 9.17) is 0 Å². The van der Waals surface area contributed by atoms with Crippen molar-refractivity contribution in [3.05, 3.63) is 77.9 Å². The number of sulfone groups is 1. The summed E-state index contributed by atoms with van der Waals surface area (Å²) in [5.41, 5.74) is -0.381. The lowest BCUT2D eigenvalue weighted by Crippen LogP contribution is -2.05. The zero-order chi connectivity index (χ0) is 20.7. The molecule has 0 N–H and O–H groups in total. The van der Waals surface area contributed by atoms with Crippen LogP contribution in [-0.4, -0.2) is 14.7 Å². The van der Waals surface area contributed by atoms with Crippen molar-refractivity contribution in [2.45, 2.75) is 11.1 Å². The molecule has 2 nitrogen and oxygen atoms in total. The molecule has 0 spiro atoms. The lowest BCUT2D eigenvalue weighted by Gasteiger charge is -2.15. The first-order valence-corrected chi connectivity index (χ1v) is 9.82. The van der Waals surface area contributed by atoms with Gasteiger partial charge in [0, 0.05) is 12.3 Å². The van der Waals surface area contributed by atoms with Crippen LogP contribution in [0, 0.1) is 11.6 Å². The fourth-order valence-electron chi connectivity index (χ4n) is 2.80. The summed E-state index contributed by atoms with van der Waals surface area (Å²) in [6, 6.07) is 10.9. The molecule has 0 aromatic heterocycles. The van der Waals surface area contributed by atoms with Crippen molar-refractivity contribution in [1.29, 1.82) is 0 Å². The molecule has 146 valence electrons. The molecule has 8 heteroatoms. The van der Waals surface area contributed by atoms with Gasteiger partial charge in [0.15, 0.2) is 9.84 Å². The first-order chi connectivity index (χ1) is 12.9. The number of hydrogen-bond acceptors (Lipinski definition) is 2. The van der Waals surface area contributed by atoms with E-state index >= 15 is 0 Å². The lowest BCUT2D eigenvalue weighted by atomic mass is 9.92. The van der Waals surface area contributed by atoms with Gasteiger partial charge >= 0.3 is 6.18 Å². The average Bonchev–Trinajstić information content (AvgIpc) is 2.59. The summed E-state index contributed by atoms with van der Waals surface area (Å²) in [6.07, 6.45) is -3.61. The van der Waals surface area contributed by atoms with Gasteiger partial charge in [0.05, 0.1) is 10.5 Å². The van der Waals surface area contributed by atoms with Crippen molar-refractivity contribution in [2.75, 3.05) is 6.26 Å². The summed E-state index contributed by atoms with van der Waals surface area (Å²) in [4.78, 5) is 0.0431. The summed E-state index contributed by atoms with van der Waals surface area (Å²) in [5, 5.41) is 0. The van der Waals surface area contributed by atoms with Gasteiger partial charge in [-0.25, -0.2) is 17.2 Å². The zero-order valence-electron chi connectivity index (χ0n) is 14.4. The van der Waals surface area contributed by atoms with Crippen LogP contribution in [0.5, 0.6) is 0 Å². The maximum absolute atomic E-state index is 13.6. The van der Waals surface area contributed by atoms with Crippen molar-refractivity contribution in [3.63, 3.8) is 0 Å². The van der Waals surface area contributed by atoms with E-state index in [9.17, 15) is 30.4 Å². The van der Waals surface area contributed by atoms with Crippen LogP contribution in [0.3, 0.4) is 0 Å². The fourth-order valence-corrected chi connectivity index (χ4v) is 3.43. The summed E-state index contributed by atoms with van der Waals surface area (Å²) in [6.45, 7) is 0. The minimum absolute atomic E-state index is 0.0275. The number of hydrogen-bond donors (Lipinski definition) is 0. The molecule has 3 aromatic carbocycles. The van der Waals surface area contributed by atoms with Gasteiger partial charge in [0.2, 0.25) is 0 Å². The Labute approximate surface area is 158 Å². The number of halogens is 5. The normalized spacial score (nSPS) is 12.2. The summed E-state index contributed by atoms with van der Waals surface area (Å²) in [5.74, 6) is -1.85. The predicted octanol–water partition coefficient (Wildman–Crippen LogP) is 5.72. The minimum Gasteiger partial charge on any atom is -0.224 e. The highest BCUT2D eigenvalue weighted by atomic mass is 32.2. The van der Waals surface area contributed by atoms with E-state index < -0.39 is 33.2 Å². The van der Waals surface area contributed by atoms with Crippen LogP contribution in [0.25, 0.3) is 22.3 Å². The van der Waals surface area contributed by atoms with Gasteiger partial charge in [-0.05, 0) is 58.7 Å². The molecule has 0 amide bonds. The second-order valence-corrected chi connectivity index (χ2v) is 8.23. The smallest absolute Gasteiger partial charge is 0.224 e. The Balaban J connectivity index is 2.23. The monoisotopic (exact) mass is 412 g/mol. The van der Waals surface area contributed by atoms with E-state index in [0.29, 0.717) is 11.6 Å². The summed E-state index contributed by atoms with van der Waals surface area (Å²) in [7, 11) is -3.45. The maximum atomic E-state index is 13.6. The molecule has 0 aliphatic carbocycles. The molecule has 0 fully saturated rings. The highest BCUT2D eigenvalue weighted by molar-refractivity contribution is 7.90. The van der Waals surface area contributed by atoms with E-state index in [2.05, 4.69) is 0 Å². The van der Waals surface area contributed by atoms with Gasteiger partial charge < -0.3 is 0 Å². The zero-order valence-corrected chi connectivity index (χ0v) is 15.2. The van der Waals surface area contributed by atoms with Crippen LogP contribution < -0.4 is 0 Å². The Morgan fingerprint density at radius 3 is 1.79 bits per heavy atom. The molecule has 0 aliphatic rings. The van der Waals surface area contributed by atoms with Crippen LogP contribution >= 0.6 is 0 Å². The third kappa shape index (κ3) is 4.22. The third-order valence-corrected chi connectivity index (χ3v) is 5.24. The van der Waals surface area contributed by atoms with Gasteiger partial charge in [-0.15, -0.1) is 0 Å². The van der Waals surface area contributed by atoms with Crippen LogP contribution in [-0.2, 0) is 16.0 Å². The van der Waals surface area contributed by atoms with Gasteiger partial charge in [-0.3, -0.25) is 0 Å². The number of benzene rings is 3. The van der Waals surface area contributed by atoms with Crippen LogP contribution in [0.2, 0.25) is 0 Å². The predicted molar refractivity (Wildman–Crippen MR) is 95.3 cm³/mol. The average molecular weight is 412 g/mol. The van der Waals surface area contributed by atoms with E-state index in [0.717, 1.165) is 30.5 Å². The van der Waals surface area contributed by atoms with Crippen LogP contribution in [0.1, 0.15) is 5.56 Å². The van der Waals surface area contributed by atoms with E-state index in [-0.39, 0.29) is 21.6 Å². The molecule has 0 atom stereocenters. The van der Waals surface area contributed by atoms with Gasteiger partial charge in [0.1, 0.15) is 11.6 Å². The molecular weight excluding hydrogens is 399 g/mol. The van der Waals surface area contributed by atoms with Crippen LogP contribution in [0.15, 0.2) is 65.6 Å². The highest BCUT2D eigenvalue weighted by Crippen LogP contribution is 2.38. The summed E-state index contributed by atoms with van der Waals surface area (Å²) >= 11 is 0. The molecule has 0 radical (unpaired) electrons. The maximum Gasteiger partial charge on any atom is 0.416 e. The van der Waals surface area contributed by atoms with Crippen molar-refractivity contribution < 1.29 is 30.4 Å². The first kappa shape index (κ1) is 20.0. The van der Waals surface area contributed by atoms with Gasteiger partial charge in [0.25, 0.3) is 0 Å². The van der Waals surface area contributed by atoms with Gasteiger partial charge in [-0.1, -0.05) is 18.2 Å². The molecule has 0 saturated heterocycles. The Kier molecular flexibility index (Phi) is 5.01. The molecule has 3 rings (SSSR count). The Morgan fingerprint density at radius 2 is 1.29 bits per heavy atom. The molecule has 0 heterocycles. The van der Waals surface area contributed by atoms with E-state index in [1.165, 1.54) is 30.3 Å². The standard InChI is InChI=1S/C20H13F5O2S/c1-28(26,27)17-5-2-12(3-6-17)18-7-4-14(20(23,24)25)10-19(18)13-8-15(21)11-16(22)9-13/h2-11H,1H3. The fraction of sp³-hybridized carbons (Fsp3) is 0.100. The Hall–Kier alpha value is -2.74. The van der Waals surface area contributed by atoms with E-state index in [1.807, 2.05) is 0 Å². The summed E-state index contributed by atoms with van der Waals surface area (Å²) < 4.78 is 89.9. The van der Waals surface area contributed by atoms with Gasteiger partial charge in [-0.2, -0.15) is 13.2 Å². The topological polar surface area (TPSA) is 34.1 Å². The quantitative estimate of drug-likeness (QED) is 0.516. The second kappa shape index (κ2) is 7.01. The minimum atomic E-state index is -4.64. The molecule has 0 unspecified atom stereocenters. The van der Waals surface area contributed by atoms with Crippen molar-refractivity contribution in [3.8, 4) is 22.3 Å². The lowest BCUT2D eigenvalue weighted by molar-refractivity contribution is -0.137. The Morgan fingerprint density at radius 1 is 0.714 bits per heavy atom. The Bertz CT molecular complexity index is 1110. The second-order valence-electron chi connectivity index (χ2n) is 6.21.